The average Bonchev–Trinajstić information content (AvgIpc) is 3.00. The summed E-state index contributed by atoms with van der Waals surface area (Å²) in [5.41, 5.74) is 1.44. The lowest BCUT2D eigenvalue weighted by Gasteiger charge is -2.09. The monoisotopic (exact) mass is 326 g/mol. The van der Waals surface area contributed by atoms with Crippen LogP contribution in [-0.2, 0) is 19.5 Å². The highest BCUT2D eigenvalue weighted by atomic mass is 16.2. The molecule has 24 heavy (non-hydrogen) atoms. The summed E-state index contributed by atoms with van der Waals surface area (Å²) in [6.07, 6.45) is 2.14. The number of fused-ring (bicyclic) bond motifs is 1. The zero-order valence-electron chi connectivity index (χ0n) is 14.1. The van der Waals surface area contributed by atoms with Gasteiger partial charge in [0.25, 0.3) is 5.56 Å². The Morgan fingerprint density at radius 2 is 1.67 bits per heavy atom. The van der Waals surface area contributed by atoms with Crippen molar-refractivity contribution in [3.63, 3.8) is 0 Å². The van der Waals surface area contributed by atoms with Crippen molar-refractivity contribution in [2.45, 2.75) is 46.2 Å². The predicted molar refractivity (Wildman–Crippen MR) is 94.4 cm³/mol. The summed E-state index contributed by atoms with van der Waals surface area (Å²) in [5, 5.41) is 0. The third-order valence-corrected chi connectivity index (χ3v) is 4.02. The van der Waals surface area contributed by atoms with Crippen LogP contribution in [0.4, 0.5) is 0 Å². The highest BCUT2D eigenvalue weighted by molar-refractivity contribution is 5.70. The van der Waals surface area contributed by atoms with E-state index >= 15 is 0 Å². The van der Waals surface area contributed by atoms with Crippen molar-refractivity contribution in [1.29, 1.82) is 0 Å². The van der Waals surface area contributed by atoms with Crippen molar-refractivity contribution in [3.05, 3.63) is 62.6 Å². The van der Waals surface area contributed by atoms with E-state index in [4.69, 9.17) is 0 Å². The molecule has 0 aliphatic rings. The molecule has 126 valence electrons. The summed E-state index contributed by atoms with van der Waals surface area (Å²) in [6, 6.07) is 9.94. The first-order valence-electron chi connectivity index (χ1n) is 8.41. The van der Waals surface area contributed by atoms with Crippen LogP contribution in [0.5, 0.6) is 0 Å². The molecule has 0 aliphatic carbocycles. The molecule has 0 spiro atoms. The largest absolute Gasteiger partial charge is 0.336 e. The number of hydrogen-bond acceptors (Lipinski definition) is 3. The molecular weight excluding hydrogens is 304 g/mol. The standard InChI is InChI=1S/C18H22N4O2/c1-3-10-21-16-15(17(23)22(11-4-2)18(21)24)19-14(20-16)12-13-8-6-5-7-9-13/h5-9H,3-4,10-12H2,1-2H3,(H,19,20). The van der Waals surface area contributed by atoms with Crippen LogP contribution in [-0.4, -0.2) is 19.1 Å². The maximum atomic E-state index is 12.6. The smallest absolute Gasteiger partial charge is 0.332 e. The first-order valence-corrected chi connectivity index (χ1v) is 8.41. The van der Waals surface area contributed by atoms with Gasteiger partial charge in [-0.2, -0.15) is 0 Å². The molecule has 3 rings (SSSR count). The number of H-pyrrole nitrogens is 1. The Bertz CT molecular complexity index is 951. The van der Waals surface area contributed by atoms with E-state index in [1.165, 1.54) is 4.57 Å². The zero-order chi connectivity index (χ0) is 17.1. The van der Waals surface area contributed by atoms with Gasteiger partial charge in [-0.15, -0.1) is 0 Å². The third kappa shape index (κ3) is 2.91. The predicted octanol–water partition coefficient (Wildman–Crippen LogP) is 2.30. The van der Waals surface area contributed by atoms with Crippen LogP contribution in [0.1, 0.15) is 38.1 Å². The highest BCUT2D eigenvalue weighted by Crippen LogP contribution is 2.11. The number of nitrogens with zero attached hydrogens (tertiary/aromatic N) is 3. The Morgan fingerprint density at radius 3 is 2.33 bits per heavy atom. The van der Waals surface area contributed by atoms with Gasteiger partial charge < -0.3 is 4.98 Å². The van der Waals surface area contributed by atoms with Gasteiger partial charge in [0.05, 0.1) is 0 Å². The lowest BCUT2D eigenvalue weighted by molar-refractivity contribution is 0.555. The van der Waals surface area contributed by atoms with Crippen molar-refractivity contribution >= 4 is 11.2 Å². The summed E-state index contributed by atoms with van der Waals surface area (Å²) < 4.78 is 2.92. The summed E-state index contributed by atoms with van der Waals surface area (Å²) in [4.78, 5) is 32.9. The van der Waals surface area contributed by atoms with Gasteiger partial charge in [-0.25, -0.2) is 9.78 Å². The molecule has 0 atom stereocenters. The maximum Gasteiger partial charge on any atom is 0.332 e. The molecule has 0 radical (unpaired) electrons. The van der Waals surface area contributed by atoms with E-state index in [9.17, 15) is 9.59 Å². The molecule has 2 heterocycles. The van der Waals surface area contributed by atoms with E-state index in [1.807, 2.05) is 44.2 Å². The van der Waals surface area contributed by atoms with Crippen LogP contribution in [0.15, 0.2) is 39.9 Å². The molecular formula is C18H22N4O2. The second kappa shape index (κ2) is 6.86. The molecule has 0 unspecified atom stereocenters. The number of nitrogens with one attached hydrogen (secondary N) is 1. The van der Waals surface area contributed by atoms with Crippen LogP contribution in [0.2, 0.25) is 0 Å². The molecule has 3 aromatic rings. The summed E-state index contributed by atoms with van der Waals surface area (Å²) in [6.45, 7) is 4.93. The topological polar surface area (TPSA) is 72.7 Å². The molecule has 0 fully saturated rings. The average molecular weight is 326 g/mol. The lowest BCUT2D eigenvalue weighted by Crippen LogP contribution is -2.40. The van der Waals surface area contributed by atoms with E-state index in [1.54, 1.807) is 4.57 Å². The molecule has 0 aliphatic heterocycles. The van der Waals surface area contributed by atoms with Gasteiger partial charge in [-0.05, 0) is 18.4 Å². The van der Waals surface area contributed by atoms with E-state index in [0.717, 1.165) is 18.4 Å². The lowest BCUT2D eigenvalue weighted by atomic mass is 10.1. The quantitative estimate of drug-likeness (QED) is 0.755. The van der Waals surface area contributed by atoms with E-state index in [-0.39, 0.29) is 11.2 Å². The molecule has 0 saturated heterocycles. The third-order valence-electron chi connectivity index (χ3n) is 4.02. The fraction of sp³-hybridized carbons (Fsp3) is 0.389. The van der Waals surface area contributed by atoms with Crippen LogP contribution in [0.25, 0.3) is 11.2 Å². The van der Waals surface area contributed by atoms with Gasteiger partial charge in [-0.1, -0.05) is 44.2 Å². The minimum absolute atomic E-state index is 0.269. The summed E-state index contributed by atoms with van der Waals surface area (Å²) in [5.74, 6) is 0.701. The Balaban J connectivity index is 2.16. The molecule has 1 N–H and O–H groups in total. The van der Waals surface area contributed by atoms with E-state index in [2.05, 4.69) is 9.97 Å². The van der Waals surface area contributed by atoms with Gasteiger partial charge in [0.2, 0.25) is 0 Å². The number of aromatic nitrogens is 4. The Morgan fingerprint density at radius 1 is 1.00 bits per heavy atom. The normalized spacial score (nSPS) is 11.2. The fourth-order valence-electron chi connectivity index (χ4n) is 2.93. The Hall–Kier alpha value is -2.63. The van der Waals surface area contributed by atoms with E-state index in [0.29, 0.717) is 36.5 Å². The first-order chi connectivity index (χ1) is 11.7. The number of hydrogen-bond donors (Lipinski definition) is 1. The number of imidazole rings is 1. The minimum Gasteiger partial charge on any atom is -0.336 e. The number of benzene rings is 1. The maximum absolute atomic E-state index is 12.6. The van der Waals surface area contributed by atoms with Crippen molar-refractivity contribution in [2.75, 3.05) is 0 Å². The summed E-state index contributed by atoms with van der Waals surface area (Å²) in [7, 11) is 0. The highest BCUT2D eigenvalue weighted by Gasteiger charge is 2.16. The molecule has 2 aromatic heterocycles. The first kappa shape index (κ1) is 16.2. The molecule has 1 aromatic carbocycles. The number of rotatable bonds is 6. The fourth-order valence-corrected chi connectivity index (χ4v) is 2.93. The molecule has 0 bridgehead atoms. The number of aryl methyl sites for hydroxylation is 1. The van der Waals surface area contributed by atoms with Gasteiger partial charge in [0.15, 0.2) is 5.65 Å². The second-order valence-corrected chi connectivity index (χ2v) is 5.94. The number of aromatic amines is 1. The van der Waals surface area contributed by atoms with Gasteiger partial charge in [0, 0.05) is 19.5 Å². The Labute approximate surface area is 139 Å². The van der Waals surface area contributed by atoms with Crippen molar-refractivity contribution in [2.24, 2.45) is 0 Å². The zero-order valence-corrected chi connectivity index (χ0v) is 14.1. The Kier molecular flexibility index (Phi) is 4.64. The van der Waals surface area contributed by atoms with Crippen LogP contribution < -0.4 is 11.2 Å². The van der Waals surface area contributed by atoms with Gasteiger partial charge in [0.1, 0.15) is 11.3 Å². The van der Waals surface area contributed by atoms with Gasteiger partial charge >= 0.3 is 5.69 Å². The van der Waals surface area contributed by atoms with Crippen LogP contribution in [0, 0.1) is 0 Å². The van der Waals surface area contributed by atoms with Gasteiger partial charge in [-0.3, -0.25) is 13.9 Å². The van der Waals surface area contributed by atoms with Crippen molar-refractivity contribution in [3.8, 4) is 0 Å². The minimum atomic E-state index is -0.281. The van der Waals surface area contributed by atoms with Crippen LogP contribution in [0.3, 0.4) is 0 Å². The molecule has 6 heteroatoms. The molecule has 0 amide bonds. The second-order valence-electron chi connectivity index (χ2n) is 5.94. The van der Waals surface area contributed by atoms with Crippen LogP contribution >= 0.6 is 0 Å². The SMILES string of the molecule is CCCn1c(=O)c2[nH]c(Cc3ccccc3)nc2n(CCC)c1=O. The molecule has 6 nitrogen and oxygen atoms in total. The summed E-state index contributed by atoms with van der Waals surface area (Å²) >= 11 is 0. The van der Waals surface area contributed by atoms with Crippen molar-refractivity contribution < 1.29 is 0 Å². The van der Waals surface area contributed by atoms with Crippen molar-refractivity contribution in [1.82, 2.24) is 19.1 Å². The van der Waals surface area contributed by atoms with E-state index < -0.39 is 0 Å². The molecule has 0 saturated carbocycles.